The third-order valence-corrected chi connectivity index (χ3v) is 3.45. The van der Waals surface area contributed by atoms with Crippen molar-refractivity contribution in [3.8, 4) is 0 Å². The van der Waals surface area contributed by atoms with Crippen molar-refractivity contribution in [2.75, 3.05) is 5.32 Å². The van der Waals surface area contributed by atoms with E-state index in [-0.39, 0.29) is 0 Å². The summed E-state index contributed by atoms with van der Waals surface area (Å²) in [6.07, 6.45) is 0. The molecule has 1 aromatic carbocycles. The minimum Gasteiger partial charge on any atom is -0.325 e. The summed E-state index contributed by atoms with van der Waals surface area (Å²) in [5.41, 5.74) is 6.02. The van der Waals surface area contributed by atoms with Crippen molar-refractivity contribution in [3.05, 3.63) is 52.2 Å². The van der Waals surface area contributed by atoms with Crippen LogP contribution in [0.15, 0.2) is 46.1 Å². The molecule has 94 valence electrons. The second kappa shape index (κ2) is 6.18. The summed E-state index contributed by atoms with van der Waals surface area (Å²) in [6, 6.07) is 9.80. The predicted molar refractivity (Wildman–Crippen MR) is 77.6 cm³/mol. The number of rotatable bonds is 3. The fourth-order valence-corrected chi connectivity index (χ4v) is 2.34. The number of thiophene rings is 1. The van der Waals surface area contributed by atoms with Crippen molar-refractivity contribution in [2.24, 2.45) is 10.8 Å². The molecule has 0 fully saturated rings. The number of para-hydroxylation sites is 1. The Morgan fingerprint density at radius 3 is 2.67 bits per heavy atom. The van der Waals surface area contributed by atoms with Crippen LogP contribution in [0.25, 0.3) is 0 Å². The highest BCUT2D eigenvalue weighted by Gasteiger charge is 2.00. The molecule has 1 heterocycles. The van der Waals surface area contributed by atoms with E-state index < -0.39 is 0 Å². The Bertz CT molecular complexity index is 519. The Kier molecular flexibility index (Phi) is 4.33. The van der Waals surface area contributed by atoms with Gasteiger partial charge in [-0.2, -0.15) is 11.3 Å². The molecule has 0 unspecified atom stereocenters. The van der Waals surface area contributed by atoms with Gasteiger partial charge in [0.2, 0.25) is 5.96 Å². The van der Waals surface area contributed by atoms with Gasteiger partial charge in [-0.3, -0.25) is 5.43 Å². The van der Waals surface area contributed by atoms with Crippen LogP contribution in [0.3, 0.4) is 0 Å². The molecule has 2 aromatic rings. The van der Waals surface area contributed by atoms with E-state index in [2.05, 4.69) is 33.4 Å². The molecule has 4 nitrogen and oxygen atoms in total. The first-order chi connectivity index (χ1) is 8.79. The number of hydrogen-bond donors (Lipinski definition) is 3. The van der Waals surface area contributed by atoms with Crippen molar-refractivity contribution in [2.45, 2.75) is 13.5 Å². The standard InChI is InChI=1S/C13H16N4S/c1-10-8-18-9-11(10)7-15-13(17-14)16-12-5-3-2-4-6-12/h2-6,8-9H,7,14H2,1H3,(H2,15,16,17). The van der Waals surface area contributed by atoms with Gasteiger partial charge in [0.15, 0.2) is 0 Å². The van der Waals surface area contributed by atoms with Gasteiger partial charge in [-0.1, -0.05) is 18.2 Å². The fraction of sp³-hybridized carbons (Fsp3) is 0.154. The summed E-state index contributed by atoms with van der Waals surface area (Å²) < 4.78 is 0. The Morgan fingerprint density at radius 2 is 2.06 bits per heavy atom. The van der Waals surface area contributed by atoms with E-state index in [0.717, 1.165) is 5.69 Å². The minimum absolute atomic E-state index is 0.562. The average Bonchev–Trinajstić information content (AvgIpc) is 2.81. The molecule has 0 aliphatic heterocycles. The van der Waals surface area contributed by atoms with Crippen LogP contribution in [0.5, 0.6) is 0 Å². The zero-order chi connectivity index (χ0) is 12.8. The van der Waals surface area contributed by atoms with Crippen LogP contribution < -0.4 is 16.6 Å². The number of hydrazine groups is 1. The van der Waals surface area contributed by atoms with E-state index in [9.17, 15) is 0 Å². The Hall–Kier alpha value is -1.85. The minimum atomic E-state index is 0.562. The Balaban J connectivity index is 2.03. The summed E-state index contributed by atoms with van der Waals surface area (Å²) in [4.78, 5) is 4.42. The first kappa shape index (κ1) is 12.6. The molecule has 0 radical (unpaired) electrons. The highest BCUT2D eigenvalue weighted by Crippen LogP contribution is 2.14. The molecule has 1 aromatic heterocycles. The molecular formula is C13H16N4S. The van der Waals surface area contributed by atoms with Crippen molar-refractivity contribution in [3.63, 3.8) is 0 Å². The lowest BCUT2D eigenvalue weighted by Crippen LogP contribution is -2.36. The molecule has 2 rings (SSSR count). The number of anilines is 1. The Labute approximate surface area is 111 Å². The number of benzene rings is 1. The molecule has 0 atom stereocenters. The van der Waals surface area contributed by atoms with Gasteiger partial charge in [0.05, 0.1) is 6.54 Å². The molecule has 4 N–H and O–H groups in total. The van der Waals surface area contributed by atoms with Gasteiger partial charge >= 0.3 is 0 Å². The second-order valence-electron chi connectivity index (χ2n) is 3.88. The smallest absolute Gasteiger partial charge is 0.210 e. The van der Waals surface area contributed by atoms with Gasteiger partial charge in [0.25, 0.3) is 0 Å². The van der Waals surface area contributed by atoms with Crippen LogP contribution in [-0.2, 0) is 6.54 Å². The number of hydrogen-bond acceptors (Lipinski definition) is 3. The van der Waals surface area contributed by atoms with Crippen LogP contribution in [0.2, 0.25) is 0 Å². The first-order valence-electron chi connectivity index (χ1n) is 5.64. The third kappa shape index (κ3) is 3.32. The van der Waals surface area contributed by atoms with E-state index in [0.29, 0.717) is 12.5 Å². The topological polar surface area (TPSA) is 62.4 Å². The molecule has 0 saturated heterocycles. The summed E-state index contributed by atoms with van der Waals surface area (Å²) >= 11 is 1.69. The van der Waals surface area contributed by atoms with Crippen LogP contribution >= 0.6 is 11.3 Å². The first-order valence-corrected chi connectivity index (χ1v) is 6.58. The SMILES string of the molecule is Cc1cscc1CN=C(NN)Nc1ccccc1. The molecule has 0 aliphatic rings. The summed E-state index contributed by atoms with van der Waals surface area (Å²) in [6.45, 7) is 2.70. The zero-order valence-corrected chi connectivity index (χ0v) is 11.0. The van der Waals surface area contributed by atoms with Crippen molar-refractivity contribution in [1.29, 1.82) is 0 Å². The van der Waals surface area contributed by atoms with Gasteiger partial charge in [-0.15, -0.1) is 0 Å². The van der Waals surface area contributed by atoms with Gasteiger partial charge in [0, 0.05) is 5.69 Å². The van der Waals surface area contributed by atoms with Crippen LogP contribution in [-0.4, -0.2) is 5.96 Å². The lowest BCUT2D eigenvalue weighted by Gasteiger charge is -2.08. The summed E-state index contributed by atoms with van der Waals surface area (Å²) in [5, 5.41) is 7.35. The monoisotopic (exact) mass is 260 g/mol. The predicted octanol–water partition coefficient (Wildman–Crippen LogP) is 2.49. The van der Waals surface area contributed by atoms with Gasteiger partial charge in [-0.25, -0.2) is 10.8 Å². The average molecular weight is 260 g/mol. The molecule has 0 aliphatic carbocycles. The molecule has 0 saturated carbocycles. The molecular weight excluding hydrogens is 244 g/mol. The van der Waals surface area contributed by atoms with Gasteiger partial charge < -0.3 is 5.32 Å². The third-order valence-electron chi connectivity index (χ3n) is 2.54. The van der Waals surface area contributed by atoms with E-state index >= 15 is 0 Å². The molecule has 18 heavy (non-hydrogen) atoms. The normalized spacial score (nSPS) is 11.3. The number of nitrogens with zero attached hydrogens (tertiary/aromatic N) is 1. The van der Waals surface area contributed by atoms with Crippen molar-refractivity contribution in [1.82, 2.24) is 5.43 Å². The van der Waals surface area contributed by atoms with Crippen molar-refractivity contribution < 1.29 is 0 Å². The molecule has 0 amide bonds. The highest BCUT2D eigenvalue weighted by molar-refractivity contribution is 7.08. The molecule has 5 heteroatoms. The number of nitrogens with one attached hydrogen (secondary N) is 2. The quantitative estimate of drug-likeness (QED) is 0.344. The Morgan fingerprint density at radius 1 is 1.28 bits per heavy atom. The highest BCUT2D eigenvalue weighted by atomic mass is 32.1. The maximum Gasteiger partial charge on any atom is 0.210 e. The second-order valence-corrected chi connectivity index (χ2v) is 4.62. The van der Waals surface area contributed by atoms with E-state index in [1.807, 2.05) is 30.3 Å². The van der Waals surface area contributed by atoms with Crippen LogP contribution in [0, 0.1) is 6.92 Å². The summed E-state index contributed by atoms with van der Waals surface area (Å²) in [5.74, 6) is 6.02. The lowest BCUT2D eigenvalue weighted by atomic mass is 10.2. The molecule has 0 spiro atoms. The maximum absolute atomic E-state index is 5.46. The van der Waals surface area contributed by atoms with E-state index in [1.54, 1.807) is 11.3 Å². The largest absolute Gasteiger partial charge is 0.325 e. The number of aryl methyl sites for hydroxylation is 1. The van der Waals surface area contributed by atoms with Crippen LogP contribution in [0.1, 0.15) is 11.1 Å². The van der Waals surface area contributed by atoms with Crippen LogP contribution in [0.4, 0.5) is 5.69 Å². The van der Waals surface area contributed by atoms with E-state index in [1.165, 1.54) is 11.1 Å². The molecule has 0 bridgehead atoms. The maximum atomic E-state index is 5.46. The summed E-state index contributed by atoms with van der Waals surface area (Å²) in [7, 11) is 0. The van der Waals surface area contributed by atoms with E-state index in [4.69, 9.17) is 5.84 Å². The zero-order valence-electron chi connectivity index (χ0n) is 10.2. The number of guanidine groups is 1. The fourth-order valence-electron chi connectivity index (χ4n) is 1.49. The number of nitrogens with two attached hydrogens (primary N) is 1. The number of aliphatic imine (C=N–C) groups is 1. The van der Waals surface area contributed by atoms with Gasteiger partial charge in [-0.05, 0) is 40.9 Å². The lowest BCUT2D eigenvalue weighted by molar-refractivity contribution is 0.966. The van der Waals surface area contributed by atoms with Crippen molar-refractivity contribution >= 4 is 23.0 Å². The van der Waals surface area contributed by atoms with Gasteiger partial charge in [0.1, 0.15) is 0 Å².